The molecule has 5 nitrogen and oxygen atoms in total. The number of aromatic amines is 2. The highest BCUT2D eigenvalue weighted by molar-refractivity contribution is 5.55. The number of H-pyrrole nitrogens is 2. The molecule has 2 aromatic heterocycles. The smallest absolute Gasteiger partial charge is 0.184 e. The molecule has 0 saturated heterocycles. The van der Waals surface area contributed by atoms with Crippen LogP contribution in [0.4, 0.5) is 0 Å². The summed E-state index contributed by atoms with van der Waals surface area (Å²) in [5.74, 6) is 1.98. The van der Waals surface area contributed by atoms with E-state index < -0.39 is 0 Å². The predicted molar refractivity (Wildman–Crippen MR) is 52.8 cm³/mol. The highest BCUT2D eigenvalue weighted by Crippen LogP contribution is 2.18. The van der Waals surface area contributed by atoms with Gasteiger partial charge in [0.05, 0.1) is 11.8 Å². The minimum atomic E-state index is 0.364. The standard InChI is InChI=1S/C9H13N5/c1-5(2)8-11-9(14-13-8)7-4-10-12-6(7)3/h4-5H,1-3H3,(H,10,12)(H,11,13,14). The summed E-state index contributed by atoms with van der Waals surface area (Å²) in [7, 11) is 0. The maximum Gasteiger partial charge on any atom is 0.184 e. The van der Waals surface area contributed by atoms with Gasteiger partial charge in [-0.25, -0.2) is 4.98 Å². The second-order valence-corrected chi connectivity index (χ2v) is 3.61. The van der Waals surface area contributed by atoms with Crippen LogP contribution in [0.2, 0.25) is 0 Å². The van der Waals surface area contributed by atoms with Crippen molar-refractivity contribution in [3.8, 4) is 11.4 Å². The summed E-state index contributed by atoms with van der Waals surface area (Å²) in [6.07, 6.45) is 1.74. The molecule has 2 N–H and O–H groups in total. The van der Waals surface area contributed by atoms with Crippen LogP contribution in [-0.4, -0.2) is 25.4 Å². The molecule has 0 amide bonds. The zero-order chi connectivity index (χ0) is 10.1. The van der Waals surface area contributed by atoms with Gasteiger partial charge in [-0.3, -0.25) is 10.2 Å². The van der Waals surface area contributed by atoms with E-state index in [0.29, 0.717) is 11.7 Å². The lowest BCUT2D eigenvalue weighted by Gasteiger charge is -1.95. The third-order valence-corrected chi connectivity index (χ3v) is 2.12. The van der Waals surface area contributed by atoms with Crippen LogP contribution < -0.4 is 0 Å². The molecule has 5 heteroatoms. The van der Waals surface area contributed by atoms with E-state index in [0.717, 1.165) is 17.1 Å². The molecule has 74 valence electrons. The summed E-state index contributed by atoms with van der Waals surface area (Å²) in [6.45, 7) is 6.10. The van der Waals surface area contributed by atoms with Gasteiger partial charge in [0.1, 0.15) is 5.82 Å². The lowest BCUT2D eigenvalue weighted by molar-refractivity contribution is 0.781. The molecule has 2 aromatic rings. The third-order valence-electron chi connectivity index (χ3n) is 2.12. The van der Waals surface area contributed by atoms with Crippen LogP contribution in [0, 0.1) is 6.92 Å². The Morgan fingerprint density at radius 2 is 2.07 bits per heavy atom. The fourth-order valence-corrected chi connectivity index (χ4v) is 1.23. The Hall–Kier alpha value is -1.65. The van der Waals surface area contributed by atoms with E-state index in [2.05, 4.69) is 39.2 Å². The van der Waals surface area contributed by atoms with Crippen molar-refractivity contribution >= 4 is 0 Å². The molecular formula is C9H13N5. The lowest BCUT2D eigenvalue weighted by Crippen LogP contribution is -1.89. The normalized spacial score (nSPS) is 11.1. The Kier molecular flexibility index (Phi) is 2.07. The second-order valence-electron chi connectivity index (χ2n) is 3.61. The Morgan fingerprint density at radius 1 is 1.29 bits per heavy atom. The molecule has 0 spiro atoms. The van der Waals surface area contributed by atoms with Gasteiger partial charge in [-0.15, -0.1) is 0 Å². The van der Waals surface area contributed by atoms with Crippen molar-refractivity contribution in [2.24, 2.45) is 0 Å². The molecule has 14 heavy (non-hydrogen) atoms. The van der Waals surface area contributed by atoms with Crippen LogP contribution in [0.25, 0.3) is 11.4 Å². The van der Waals surface area contributed by atoms with Crippen LogP contribution in [0.3, 0.4) is 0 Å². The van der Waals surface area contributed by atoms with Crippen LogP contribution >= 0.6 is 0 Å². The number of hydrogen-bond donors (Lipinski definition) is 2. The summed E-state index contributed by atoms with van der Waals surface area (Å²) in [6, 6.07) is 0. The van der Waals surface area contributed by atoms with Crippen molar-refractivity contribution in [2.75, 3.05) is 0 Å². The molecule has 0 aromatic carbocycles. The molecule has 0 radical (unpaired) electrons. The fraction of sp³-hybridized carbons (Fsp3) is 0.444. The van der Waals surface area contributed by atoms with Crippen molar-refractivity contribution in [3.05, 3.63) is 17.7 Å². The first-order valence-corrected chi connectivity index (χ1v) is 4.61. The van der Waals surface area contributed by atoms with E-state index in [1.807, 2.05) is 6.92 Å². The Balaban J connectivity index is 2.39. The minimum absolute atomic E-state index is 0.364. The SMILES string of the molecule is Cc1[nH]ncc1-c1n[nH]c(C(C)C)n1. The van der Waals surface area contributed by atoms with E-state index in [1.165, 1.54) is 0 Å². The Bertz CT molecular complexity index is 426. The van der Waals surface area contributed by atoms with Crippen molar-refractivity contribution in [3.63, 3.8) is 0 Å². The van der Waals surface area contributed by atoms with Gasteiger partial charge >= 0.3 is 0 Å². The van der Waals surface area contributed by atoms with Gasteiger partial charge in [0.25, 0.3) is 0 Å². The van der Waals surface area contributed by atoms with Crippen molar-refractivity contribution < 1.29 is 0 Å². The number of aryl methyl sites for hydroxylation is 1. The van der Waals surface area contributed by atoms with Gasteiger partial charge in [0, 0.05) is 11.6 Å². The largest absolute Gasteiger partial charge is 0.282 e. The average molecular weight is 191 g/mol. The molecule has 0 atom stereocenters. The van der Waals surface area contributed by atoms with Crippen molar-refractivity contribution in [1.29, 1.82) is 0 Å². The monoisotopic (exact) mass is 191 g/mol. The minimum Gasteiger partial charge on any atom is -0.282 e. The second kappa shape index (κ2) is 3.25. The number of hydrogen-bond acceptors (Lipinski definition) is 3. The fourth-order valence-electron chi connectivity index (χ4n) is 1.23. The first kappa shape index (κ1) is 8.93. The predicted octanol–water partition coefficient (Wildman–Crippen LogP) is 1.63. The van der Waals surface area contributed by atoms with Gasteiger partial charge in [-0.1, -0.05) is 13.8 Å². The molecule has 0 aliphatic heterocycles. The summed E-state index contributed by atoms with van der Waals surface area (Å²) in [5.41, 5.74) is 1.94. The van der Waals surface area contributed by atoms with Crippen LogP contribution in [0.1, 0.15) is 31.3 Å². The Morgan fingerprint density at radius 3 is 2.57 bits per heavy atom. The maximum absolute atomic E-state index is 4.39. The number of rotatable bonds is 2. The van der Waals surface area contributed by atoms with Gasteiger partial charge in [0.2, 0.25) is 0 Å². The van der Waals surface area contributed by atoms with Gasteiger partial charge in [-0.2, -0.15) is 10.2 Å². The number of aromatic nitrogens is 5. The molecule has 0 aliphatic carbocycles. The summed E-state index contributed by atoms with van der Waals surface area (Å²) in [4.78, 5) is 4.39. The van der Waals surface area contributed by atoms with E-state index in [1.54, 1.807) is 6.20 Å². The molecule has 2 heterocycles. The van der Waals surface area contributed by atoms with Crippen molar-refractivity contribution in [1.82, 2.24) is 25.4 Å². The first-order valence-electron chi connectivity index (χ1n) is 4.61. The number of nitrogens with one attached hydrogen (secondary N) is 2. The van der Waals surface area contributed by atoms with Crippen molar-refractivity contribution in [2.45, 2.75) is 26.7 Å². The van der Waals surface area contributed by atoms with Crippen LogP contribution in [-0.2, 0) is 0 Å². The highest BCUT2D eigenvalue weighted by atomic mass is 15.2. The topological polar surface area (TPSA) is 70.2 Å². The molecule has 0 saturated carbocycles. The van der Waals surface area contributed by atoms with E-state index in [-0.39, 0.29) is 0 Å². The quantitative estimate of drug-likeness (QED) is 0.757. The van der Waals surface area contributed by atoms with Gasteiger partial charge < -0.3 is 0 Å². The molecular weight excluding hydrogens is 178 g/mol. The first-order chi connectivity index (χ1) is 6.68. The van der Waals surface area contributed by atoms with Gasteiger partial charge in [-0.05, 0) is 6.92 Å². The summed E-state index contributed by atoms with van der Waals surface area (Å²) < 4.78 is 0. The third kappa shape index (κ3) is 1.41. The Labute approximate surface area is 82.0 Å². The van der Waals surface area contributed by atoms with Crippen LogP contribution in [0.5, 0.6) is 0 Å². The van der Waals surface area contributed by atoms with Crippen LogP contribution in [0.15, 0.2) is 6.20 Å². The molecule has 0 bridgehead atoms. The van der Waals surface area contributed by atoms with E-state index >= 15 is 0 Å². The zero-order valence-corrected chi connectivity index (χ0v) is 8.50. The molecule has 2 rings (SSSR count). The van der Waals surface area contributed by atoms with Gasteiger partial charge in [0.15, 0.2) is 5.82 Å². The number of nitrogens with zero attached hydrogens (tertiary/aromatic N) is 3. The average Bonchev–Trinajstić information content (AvgIpc) is 2.71. The molecule has 0 unspecified atom stereocenters. The maximum atomic E-state index is 4.39. The zero-order valence-electron chi connectivity index (χ0n) is 8.50. The van der Waals surface area contributed by atoms with E-state index in [4.69, 9.17) is 0 Å². The summed E-state index contributed by atoms with van der Waals surface area (Å²) >= 11 is 0. The molecule has 0 aliphatic rings. The summed E-state index contributed by atoms with van der Waals surface area (Å²) in [5, 5.41) is 13.9. The molecule has 0 fully saturated rings. The van der Waals surface area contributed by atoms with E-state index in [9.17, 15) is 0 Å². The highest BCUT2D eigenvalue weighted by Gasteiger charge is 2.11. The lowest BCUT2D eigenvalue weighted by atomic mass is 10.2.